The summed E-state index contributed by atoms with van der Waals surface area (Å²) in [7, 11) is -3.92. The van der Waals surface area contributed by atoms with Gasteiger partial charge in [-0.3, -0.25) is 20.2 Å². The molecule has 2 fully saturated rings. The highest BCUT2D eigenvalue weighted by atomic mass is 32.2. The van der Waals surface area contributed by atoms with Gasteiger partial charge in [-0.2, -0.15) is 0 Å². The summed E-state index contributed by atoms with van der Waals surface area (Å²) < 4.78 is 34.3. The average molecular weight is 511 g/mol. The maximum atomic E-state index is 13.2. The van der Waals surface area contributed by atoms with Crippen LogP contribution in [-0.4, -0.2) is 30.8 Å². The lowest BCUT2D eigenvalue weighted by atomic mass is 9.72. The van der Waals surface area contributed by atoms with Gasteiger partial charge < -0.3 is 9.84 Å². The van der Waals surface area contributed by atoms with Crippen molar-refractivity contribution in [2.24, 2.45) is 17.8 Å². The van der Waals surface area contributed by atoms with Crippen molar-refractivity contribution in [1.82, 2.24) is 0 Å². The Labute approximate surface area is 210 Å². The highest BCUT2D eigenvalue weighted by Gasteiger charge is 2.50. The maximum Gasteiger partial charge on any atom is 0.317 e. The average Bonchev–Trinajstić information content (AvgIpc) is 3.68. The van der Waals surface area contributed by atoms with Crippen LogP contribution in [0.1, 0.15) is 43.6 Å². The Balaban J connectivity index is 1.43. The van der Waals surface area contributed by atoms with Crippen molar-refractivity contribution in [2.45, 2.75) is 49.0 Å². The summed E-state index contributed by atoms with van der Waals surface area (Å²) in [6, 6.07) is 12.8. The van der Waals surface area contributed by atoms with Gasteiger partial charge in [-0.25, -0.2) is 8.42 Å². The summed E-state index contributed by atoms with van der Waals surface area (Å²) in [5, 5.41) is 20.5. The standard InChI is InChI=1S/C27H30N2O6S/c30-26-22-11-3-1-2-4-12-23(22)35-27(31)25(26)24(17-13-14-17)18-7-5-9-20(15-18)29-36(33,34)21-10-6-8-19(16-21)28-32/h2,4-10,12,15-17,22,24-26,28-30,32H,1,3,11,13-14H2. The van der Waals surface area contributed by atoms with Crippen molar-refractivity contribution in [3.8, 4) is 0 Å². The van der Waals surface area contributed by atoms with Gasteiger partial charge in [0.05, 0.1) is 22.6 Å². The molecule has 9 heteroatoms. The van der Waals surface area contributed by atoms with Gasteiger partial charge >= 0.3 is 5.97 Å². The van der Waals surface area contributed by atoms with Gasteiger partial charge in [0.25, 0.3) is 10.0 Å². The zero-order valence-electron chi connectivity index (χ0n) is 19.7. The molecule has 2 aromatic rings. The molecule has 5 rings (SSSR count). The molecule has 190 valence electrons. The van der Waals surface area contributed by atoms with E-state index < -0.39 is 28.0 Å². The highest BCUT2D eigenvalue weighted by Crippen LogP contribution is 2.51. The fourth-order valence-corrected chi connectivity index (χ4v) is 6.44. The Morgan fingerprint density at radius 2 is 1.81 bits per heavy atom. The van der Waals surface area contributed by atoms with Gasteiger partial charge in [-0.15, -0.1) is 0 Å². The number of aliphatic hydroxyl groups is 1. The van der Waals surface area contributed by atoms with E-state index in [1.807, 2.05) is 23.7 Å². The van der Waals surface area contributed by atoms with E-state index >= 15 is 0 Å². The lowest BCUT2D eigenvalue weighted by Gasteiger charge is -2.39. The first-order valence-electron chi connectivity index (χ1n) is 12.3. The molecule has 2 aliphatic carbocycles. The molecule has 4 N–H and O–H groups in total. The lowest BCUT2D eigenvalue weighted by Crippen LogP contribution is -2.45. The van der Waals surface area contributed by atoms with Crippen molar-refractivity contribution < 1.29 is 28.3 Å². The number of nitrogens with one attached hydrogen (secondary N) is 2. The third-order valence-electron chi connectivity index (χ3n) is 7.23. The van der Waals surface area contributed by atoms with Crippen molar-refractivity contribution in [3.63, 3.8) is 0 Å². The number of anilines is 2. The molecule has 4 atom stereocenters. The summed E-state index contributed by atoms with van der Waals surface area (Å²) in [5.74, 6) is -0.933. The largest absolute Gasteiger partial charge is 0.430 e. The molecule has 0 radical (unpaired) electrons. The monoisotopic (exact) mass is 510 g/mol. The molecule has 0 aromatic heterocycles. The fourth-order valence-electron chi connectivity index (χ4n) is 5.35. The van der Waals surface area contributed by atoms with Crippen LogP contribution >= 0.6 is 0 Å². The summed E-state index contributed by atoms with van der Waals surface area (Å²) in [6.45, 7) is 0. The topological polar surface area (TPSA) is 125 Å². The van der Waals surface area contributed by atoms with Gasteiger partial charge in [0.15, 0.2) is 0 Å². The molecule has 1 saturated carbocycles. The molecular formula is C27H30N2O6S. The number of sulfonamides is 1. The first-order valence-corrected chi connectivity index (χ1v) is 13.7. The minimum atomic E-state index is -3.92. The van der Waals surface area contributed by atoms with Crippen LogP contribution in [0.4, 0.5) is 11.4 Å². The summed E-state index contributed by atoms with van der Waals surface area (Å²) in [6.07, 6.45) is 9.25. The van der Waals surface area contributed by atoms with Crippen LogP contribution in [0.2, 0.25) is 0 Å². The number of hydrogen-bond donors (Lipinski definition) is 4. The Hall–Kier alpha value is -3.14. The molecule has 3 aliphatic rings. The highest BCUT2D eigenvalue weighted by molar-refractivity contribution is 7.92. The van der Waals surface area contributed by atoms with Gasteiger partial charge in [-0.1, -0.05) is 30.4 Å². The van der Waals surface area contributed by atoms with Crippen molar-refractivity contribution in [1.29, 1.82) is 0 Å². The maximum absolute atomic E-state index is 13.2. The van der Waals surface area contributed by atoms with Crippen LogP contribution in [0.5, 0.6) is 0 Å². The zero-order valence-corrected chi connectivity index (χ0v) is 20.5. The fraction of sp³-hybridized carbons (Fsp3) is 0.370. The first-order chi connectivity index (χ1) is 17.4. The van der Waals surface area contributed by atoms with Gasteiger partial charge in [-0.05, 0) is 80.0 Å². The molecule has 0 amide bonds. The number of hydrogen-bond acceptors (Lipinski definition) is 7. The summed E-state index contributed by atoms with van der Waals surface area (Å²) >= 11 is 0. The van der Waals surface area contributed by atoms with Crippen LogP contribution < -0.4 is 10.2 Å². The van der Waals surface area contributed by atoms with E-state index in [1.165, 1.54) is 18.2 Å². The number of ether oxygens (including phenoxy) is 1. The van der Waals surface area contributed by atoms with E-state index in [9.17, 15) is 18.3 Å². The third-order valence-corrected chi connectivity index (χ3v) is 8.61. The second-order valence-corrected chi connectivity index (χ2v) is 11.4. The second-order valence-electron chi connectivity index (χ2n) is 9.71. The van der Waals surface area contributed by atoms with Crippen molar-refractivity contribution in [2.75, 3.05) is 10.2 Å². The Morgan fingerprint density at radius 3 is 2.58 bits per heavy atom. The Bertz CT molecular complexity index is 1300. The number of fused-ring (bicyclic) bond motifs is 1. The smallest absolute Gasteiger partial charge is 0.317 e. The molecule has 36 heavy (non-hydrogen) atoms. The van der Waals surface area contributed by atoms with Crippen molar-refractivity contribution in [3.05, 3.63) is 78.1 Å². The van der Waals surface area contributed by atoms with Crippen LogP contribution in [0.15, 0.2) is 77.4 Å². The molecule has 2 aromatic carbocycles. The summed E-state index contributed by atoms with van der Waals surface area (Å²) in [5.41, 5.74) is 3.36. The predicted molar refractivity (Wildman–Crippen MR) is 135 cm³/mol. The number of rotatable bonds is 7. The van der Waals surface area contributed by atoms with Crippen molar-refractivity contribution >= 4 is 27.4 Å². The summed E-state index contributed by atoms with van der Waals surface area (Å²) in [4.78, 5) is 13.2. The SMILES string of the molecule is O=C1OC2=CC=CCCCC2C(O)C1C(c1cccc(NS(=O)(=O)c2cccc(NO)c2)c1)C1CC1. The lowest BCUT2D eigenvalue weighted by molar-refractivity contribution is -0.160. The minimum Gasteiger partial charge on any atom is -0.430 e. The molecule has 1 heterocycles. The normalized spacial score (nSPS) is 25.0. The number of esters is 1. The Kier molecular flexibility index (Phi) is 6.87. The quantitative estimate of drug-likeness (QED) is 0.318. The van der Waals surface area contributed by atoms with E-state index in [4.69, 9.17) is 9.94 Å². The molecule has 1 saturated heterocycles. The van der Waals surface area contributed by atoms with Crippen LogP contribution in [-0.2, 0) is 19.6 Å². The molecule has 8 nitrogen and oxygen atoms in total. The van der Waals surface area contributed by atoms with Crippen LogP contribution in [0.25, 0.3) is 0 Å². The van der Waals surface area contributed by atoms with Crippen LogP contribution in [0.3, 0.4) is 0 Å². The van der Waals surface area contributed by atoms with E-state index in [2.05, 4.69) is 4.72 Å². The molecular weight excluding hydrogens is 480 g/mol. The van der Waals surface area contributed by atoms with Gasteiger partial charge in [0.2, 0.25) is 0 Å². The Morgan fingerprint density at radius 1 is 1.03 bits per heavy atom. The van der Waals surface area contributed by atoms with E-state index in [0.717, 1.165) is 37.7 Å². The number of carbonyl (C=O) groups is 1. The first kappa shape index (κ1) is 24.5. The van der Waals surface area contributed by atoms with Gasteiger partial charge in [0.1, 0.15) is 5.76 Å². The van der Waals surface area contributed by atoms with E-state index in [1.54, 1.807) is 30.3 Å². The minimum absolute atomic E-state index is 0.00498. The van der Waals surface area contributed by atoms with E-state index in [0.29, 0.717) is 11.4 Å². The van der Waals surface area contributed by atoms with Gasteiger partial charge in [0, 0.05) is 17.5 Å². The van der Waals surface area contributed by atoms with E-state index in [-0.39, 0.29) is 28.3 Å². The zero-order chi connectivity index (χ0) is 25.3. The number of allylic oxidation sites excluding steroid dienone is 3. The third kappa shape index (κ3) is 5.04. The number of aliphatic hydroxyl groups excluding tert-OH is 1. The molecule has 0 spiro atoms. The second kappa shape index (κ2) is 10.1. The number of carbonyl (C=O) groups excluding carboxylic acids is 1. The molecule has 1 aliphatic heterocycles. The molecule has 4 unspecified atom stereocenters. The predicted octanol–water partition coefficient (Wildman–Crippen LogP) is 4.56. The molecule has 0 bridgehead atoms. The van der Waals surface area contributed by atoms with Crippen LogP contribution in [0, 0.1) is 17.8 Å². The number of benzene rings is 2.